The first kappa shape index (κ1) is 9.27. The summed E-state index contributed by atoms with van der Waals surface area (Å²) in [5.74, 6) is 0.331. The van der Waals surface area contributed by atoms with Gasteiger partial charge in [0.2, 0.25) is 0 Å². The van der Waals surface area contributed by atoms with E-state index in [-0.39, 0.29) is 5.41 Å². The van der Waals surface area contributed by atoms with Gasteiger partial charge in [-0.05, 0) is 12.8 Å². The topological polar surface area (TPSA) is 58.6 Å². The first-order valence-electron chi connectivity index (χ1n) is 3.58. The van der Waals surface area contributed by atoms with Gasteiger partial charge < -0.3 is 10.9 Å². The van der Waals surface area contributed by atoms with E-state index in [0.29, 0.717) is 5.84 Å². The van der Waals surface area contributed by atoms with Gasteiger partial charge in [-0.1, -0.05) is 25.9 Å². The maximum Gasteiger partial charge on any atom is 0.145 e. The monoisotopic (exact) mass is 144 g/mol. The zero-order valence-electron chi connectivity index (χ0n) is 6.89. The molecular weight excluding hydrogens is 128 g/mol. The molecule has 0 atom stereocenters. The Hall–Kier alpha value is -0.730. The second kappa shape index (κ2) is 3.44. The van der Waals surface area contributed by atoms with Crippen molar-refractivity contribution in [2.45, 2.75) is 33.6 Å². The molecule has 0 aliphatic heterocycles. The molecule has 0 amide bonds. The number of rotatable bonds is 3. The number of hydrogen-bond donors (Lipinski definition) is 2. The Bertz CT molecular complexity index is 128. The van der Waals surface area contributed by atoms with Gasteiger partial charge in [-0.25, -0.2) is 0 Å². The summed E-state index contributed by atoms with van der Waals surface area (Å²) in [5, 5.41) is 11.4. The molecule has 10 heavy (non-hydrogen) atoms. The standard InChI is InChI=1S/C7H16N2O/c1-4-7(3,5-2)6(8)9-10/h10H,4-5H2,1-3H3,(H2,8,9). The van der Waals surface area contributed by atoms with Gasteiger partial charge in [0.1, 0.15) is 5.84 Å². The summed E-state index contributed by atoms with van der Waals surface area (Å²) in [7, 11) is 0. The van der Waals surface area contributed by atoms with Crippen LogP contribution in [0.2, 0.25) is 0 Å². The molecule has 0 aliphatic rings. The van der Waals surface area contributed by atoms with Crippen LogP contribution >= 0.6 is 0 Å². The molecule has 0 unspecified atom stereocenters. The van der Waals surface area contributed by atoms with Gasteiger partial charge in [-0.15, -0.1) is 0 Å². The van der Waals surface area contributed by atoms with Crippen molar-refractivity contribution in [1.82, 2.24) is 0 Å². The summed E-state index contributed by atoms with van der Waals surface area (Å²) >= 11 is 0. The molecule has 0 heterocycles. The van der Waals surface area contributed by atoms with Gasteiger partial charge in [-0.2, -0.15) is 0 Å². The summed E-state index contributed by atoms with van der Waals surface area (Å²) in [4.78, 5) is 0. The predicted octanol–water partition coefficient (Wildman–Crippen LogP) is 1.56. The Morgan fingerprint density at radius 3 is 2.00 bits per heavy atom. The van der Waals surface area contributed by atoms with Crippen LogP contribution in [0, 0.1) is 5.41 Å². The summed E-state index contributed by atoms with van der Waals surface area (Å²) in [6.45, 7) is 6.05. The normalized spacial score (nSPS) is 13.7. The molecule has 60 valence electrons. The van der Waals surface area contributed by atoms with E-state index in [0.717, 1.165) is 12.8 Å². The minimum absolute atomic E-state index is 0.130. The molecular formula is C7H16N2O. The van der Waals surface area contributed by atoms with E-state index in [2.05, 4.69) is 5.16 Å². The zero-order chi connectivity index (χ0) is 8.20. The van der Waals surface area contributed by atoms with E-state index in [1.165, 1.54) is 0 Å². The molecule has 0 spiro atoms. The van der Waals surface area contributed by atoms with Crippen LogP contribution in [-0.2, 0) is 0 Å². The van der Waals surface area contributed by atoms with Crippen molar-refractivity contribution in [2.24, 2.45) is 16.3 Å². The van der Waals surface area contributed by atoms with Crippen LogP contribution in [0.4, 0.5) is 0 Å². The Labute approximate surface area is 61.9 Å². The van der Waals surface area contributed by atoms with Crippen LogP contribution in [0.25, 0.3) is 0 Å². The molecule has 0 fully saturated rings. The van der Waals surface area contributed by atoms with Crippen molar-refractivity contribution in [1.29, 1.82) is 0 Å². The molecule has 0 saturated carbocycles. The van der Waals surface area contributed by atoms with Gasteiger partial charge >= 0.3 is 0 Å². The fourth-order valence-corrected chi connectivity index (χ4v) is 0.733. The molecule has 0 aromatic rings. The van der Waals surface area contributed by atoms with Gasteiger partial charge in [0, 0.05) is 5.41 Å². The van der Waals surface area contributed by atoms with Crippen LogP contribution in [-0.4, -0.2) is 11.0 Å². The predicted molar refractivity (Wildman–Crippen MR) is 42.1 cm³/mol. The SMILES string of the molecule is CCC(C)(CC)/C(N)=N/O. The smallest absolute Gasteiger partial charge is 0.145 e. The summed E-state index contributed by atoms with van der Waals surface area (Å²) < 4.78 is 0. The first-order chi connectivity index (χ1) is 4.60. The van der Waals surface area contributed by atoms with Gasteiger partial charge in [0.15, 0.2) is 0 Å². The summed E-state index contributed by atoms with van der Waals surface area (Å²) in [6.07, 6.45) is 1.80. The first-order valence-corrected chi connectivity index (χ1v) is 3.58. The quantitative estimate of drug-likeness (QED) is 0.273. The molecule has 0 aromatic carbocycles. The fourth-order valence-electron chi connectivity index (χ4n) is 0.733. The van der Waals surface area contributed by atoms with Crippen molar-refractivity contribution in [2.75, 3.05) is 0 Å². The average molecular weight is 144 g/mol. The minimum atomic E-state index is -0.130. The third-order valence-corrected chi connectivity index (χ3v) is 2.29. The van der Waals surface area contributed by atoms with Crippen LogP contribution in [0.3, 0.4) is 0 Å². The van der Waals surface area contributed by atoms with Crippen molar-refractivity contribution >= 4 is 5.84 Å². The van der Waals surface area contributed by atoms with Crippen LogP contribution in [0.5, 0.6) is 0 Å². The molecule has 3 N–H and O–H groups in total. The highest BCUT2D eigenvalue weighted by Gasteiger charge is 2.24. The largest absolute Gasteiger partial charge is 0.409 e. The molecule has 3 heteroatoms. The van der Waals surface area contributed by atoms with E-state index in [4.69, 9.17) is 10.9 Å². The van der Waals surface area contributed by atoms with Crippen molar-refractivity contribution in [3.05, 3.63) is 0 Å². The van der Waals surface area contributed by atoms with Crippen LogP contribution in [0.15, 0.2) is 5.16 Å². The Morgan fingerprint density at radius 1 is 1.50 bits per heavy atom. The molecule has 0 bridgehead atoms. The highest BCUT2D eigenvalue weighted by atomic mass is 16.4. The van der Waals surface area contributed by atoms with E-state index in [9.17, 15) is 0 Å². The maximum absolute atomic E-state index is 8.40. The van der Waals surface area contributed by atoms with E-state index in [1.807, 2.05) is 20.8 Å². The molecule has 0 rings (SSSR count). The maximum atomic E-state index is 8.40. The number of amidine groups is 1. The van der Waals surface area contributed by atoms with Gasteiger partial charge in [0.25, 0.3) is 0 Å². The molecule has 0 saturated heterocycles. The number of nitrogens with two attached hydrogens (primary N) is 1. The lowest BCUT2D eigenvalue weighted by Gasteiger charge is -2.24. The average Bonchev–Trinajstić information content (AvgIpc) is 2.01. The summed E-state index contributed by atoms with van der Waals surface area (Å²) in [6, 6.07) is 0. The van der Waals surface area contributed by atoms with Gasteiger partial charge in [0.05, 0.1) is 0 Å². The number of oxime groups is 1. The Balaban J connectivity index is 4.32. The van der Waals surface area contributed by atoms with Crippen molar-refractivity contribution < 1.29 is 5.21 Å². The third-order valence-electron chi connectivity index (χ3n) is 2.29. The lowest BCUT2D eigenvalue weighted by atomic mass is 9.84. The van der Waals surface area contributed by atoms with Crippen molar-refractivity contribution in [3.8, 4) is 0 Å². The highest BCUT2D eigenvalue weighted by Crippen LogP contribution is 2.24. The fraction of sp³-hybridized carbons (Fsp3) is 0.857. The Morgan fingerprint density at radius 2 is 1.90 bits per heavy atom. The van der Waals surface area contributed by atoms with Gasteiger partial charge in [-0.3, -0.25) is 0 Å². The second-order valence-electron chi connectivity index (χ2n) is 2.75. The number of nitrogens with zero attached hydrogens (tertiary/aromatic N) is 1. The lowest BCUT2D eigenvalue weighted by Crippen LogP contribution is -2.33. The van der Waals surface area contributed by atoms with Crippen molar-refractivity contribution in [3.63, 3.8) is 0 Å². The molecule has 0 aliphatic carbocycles. The summed E-state index contributed by atoms with van der Waals surface area (Å²) in [5.41, 5.74) is 5.34. The van der Waals surface area contributed by atoms with E-state index >= 15 is 0 Å². The lowest BCUT2D eigenvalue weighted by molar-refractivity contribution is 0.301. The molecule has 0 radical (unpaired) electrons. The van der Waals surface area contributed by atoms with E-state index in [1.54, 1.807) is 0 Å². The zero-order valence-corrected chi connectivity index (χ0v) is 6.89. The minimum Gasteiger partial charge on any atom is -0.409 e. The number of hydrogen-bond acceptors (Lipinski definition) is 2. The van der Waals surface area contributed by atoms with Crippen LogP contribution < -0.4 is 5.73 Å². The Kier molecular flexibility index (Phi) is 3.19. The second-order valence-corrected chi connectivity index (χ2v) is 2.75. The molecule has 0 aromatic heterocycles. The van der Waals surface area contributed by atoms with Crippen LogP contribution in [0.1, 0.15) is 33.6 Å². The molecule has 3 nitrogen and oxygen atoms in total. The van der Waals surface area contributed by atoms with E-state index < -0.39 is 0 Å². The highest BCUT2D eigenvalue weighted by molar-refractivity contribution is 5.85. The third kappa shape index (κ3) is 1.62.